The predicted octanol–water partition coefficient (Wildman–Crippen LogP) is 3.33. The van der Waals surface area contributed by atoms with Gasteiger partial charge in [-0.3, -0.25) is 9.59 Å². The molecule has 2 N–H and O–H groups in total. The van der Waals surface area contributed by atoms with Crippen molar-refractivity contribution in [1.82, 2.24) is 15.2 Å². The molecule has 0 atom stereocenters. The number of ether oxygens (including phenoxy) is 1. The number of aromatic amines is 1. The van der Waals surface area contributed by atoms with E-state index in [2.05, 4.69) is 26.2 Å². The Morgan fingerprint density at radius 2 is 2.07 bits per heavy atom. The van der Waals surface area contributed by atoms with E-state index in [9.17, 15) is 9.59 Å². The lowest BCUT2D eigenvalue weighted by Gasteiger charge is -2.31. The maximum absolute atomic E-state index is 12.8. The molecule has 0 aliphatic carbocycles. The van der Waals surface area contributed by atoms with Crippen molar-refractivity contribution in [2.75, 3.05) is 32.8 Å². The highest BCUT2D eigenvalue weighted by Crippen LogP contribution is 2.23. The molecule has 0 bridgehead atoms. The van der Waals surface area contributed by atoms with Crippen LogP contribution in [0.4, 0.5) is 0 Å². The van der Waals surface area contributed by atoms with Gasteiger partial charge in [0.25, 0.3) is 5.91 Å². The number of likely N-dealkylation sites (tertiary alicyclic amines) is 1. The number of carbonyl (C=O) groups is 2. The van der Waals surface area contributed by atoms with Gasteiger partial charge in [0.15, 0.2) is 0 Å². The molecule has 3 rings (SSSR count). The van der Waals surface area contributed by atoms with Crippen molar-refractivity contribution in [3.63, 3.8) is 0 Å². The highest BCUT2D eigenvalue weighted by atomic mass is 79.9. The molecule has 2 heterocycles. The summed E-state index contributed by atoms with van der Waals surface area (Å²) < 4.78 is 6.25. The number of benzene rings is 1. The maximum atomic E-state index is 12.8. The van der Waals surface area contributed by atoms with Crippen molar-refractivity contribution in [2.45, 2.75) is 26.2 Å². The molecule has 0 spiro atoms. The van der Waals surface area contributed by atoms with Crippen molar-refractivity contribution < 1.29 is 14.3 Å². The highest BCUT2D eigenvalue weighted by Gasteiger charge is 2.28. The summed E-state index contributed by atoms with van der Waals surface area (Å²) in [6.45, 7) is 5.19. The first-order valence-corrected chi connectivity index (χ1v) is 10.3. The number of rotatable bonds is 7. The van der Waals surface area contributed by atoms with E-state index in [-0.39, 0.29) is 17.7 Å². The number of hydrogen-bond acceptors (Lipinski definition) is 3. The molecule has 0 unspecified atom stereocenters. The first-order chi connectivity index (χ1) is 13.1. The van der Waals surface area contributed by atoms with Gasteiger partial charge < -0.3 is 19.9 Å². The van der Waals surface area contributed by atoms with Crippen LogP contribution in [0.1, 0.15) is 36.7 Å². The van der Waals surface area contributed by atoms with Crippen molar-refractivity contribution in [1.29, 1.82) is 0 Å². The normalized spacial score (nSPS) is 15.3. The van der Waals surface area contributed by atoms with Gasteiger partial charge in [0.1, 0.15) is 5.69 Å². The van der Waals surface area contributed by atoms with Gasteiger partial charge >= 0.3 is 0 Å². The Hall–Kier alpha value is -1.86. The average molecular weight is 436 g/mol. The smallest absolute Gasteiger partial charge is 0.270 e. The number of aromatic nitrogens is 1. The molecule has 1 aliphatic heterocycles. The van der Waals surface area contributed by atoms with Gasteiger partial charge in [0, 0.05) is 54.1 Å². The lowest BCUT2D eigenvalue weighted by molar-refractivity contribution is -0.126. The Kier molecular flexibility index (Phi) is 6.90. The SMILES string of the molecule is CCOCCCNC(=O)C1CCN(C(=O)c2cc3ccc(Br)cc3[nH]2)CC1. The number of nitrogens with zero attached hydrogens (tertiary/aromatic N) is 1. The fourth-order valence-electron chi connectivity index (χ4n) is 3.40. The lowest BCUT2D eigenvalue weighted by Crippen LogP contribution is -2.43. The van der Waals surface area contributed by atoms with Crippen LogP contribution in [0, 0.1) is 5.92 Å². The third-order valence-electron chi connectivity index (χ3n) is 4.94. The van der Waals surface area contributed by atoms with Crippen molar-refractivity contribution in [3.8, 4) is 0 Å². The summed E-state index contributed by atoms with van der Waals surface area (Å²) in [5.74, 6) is 0.0757. The van der Waals surface area contributed by atoms with E-state index in [1.165, 1.54) is 0 Å². The van der Waals surface area contributed by atoms with E-state index in [4.69, 9.17) is 4.74 Å². The average Bonchev–Trinajstić information content (AvgIpc) is 3.10. The third kappa shape index (κ3) is 5.11. The zero-order valence-electron chi connectivity index (χ0n) is 15.6. The zero-order valence-corrected chi connectivity index (χ0v) is 17.2. The van der Waals surface area contributed by atoms with Gasteiger partial charge in [-0.25, -0.2) is 0 Å². The Balaban J connectivity index is 1.49. The van der Waals surface area contributed by atoms with Crippen LogP contribution >= 0.6 is 15.9 Å². The van der Waals surface area contributed by atoms with E-state index in [0.717, 1.165) is 21.8 Å². The summed E-state index contributed by atoms with van der Waals surface area (Å²) in [5.41, 5.74) is 1.54. The minimum Gasteiger partial charge on any atom is -0.382 e. The van der Waals surface area contributed by atoms with Gasteiger partial charge in [-0.2, -0.15) is 0 Å². The second-order valence-electron chi connectivity index (χ2n) is 6.82. The third-order valence-corrected chi connectivity index (χ3v) is 5.43. The molecule has 7 heteroatoms. The fraction of sp³-hybridized carbons (Fsp3) is 0.500. The molecular formula is C20H26BrN3O3. The number of H-pyrrole nitrogens is 1. The monoisotopic (exact) mass is 435 g/mol. The van der Waals surface area contributed by atoms with E-state index in [0.29, 0.717) is 51.4 Å². The molecule has 2 aromatic rings. The Bertz CT molecular complexity index is 797. The van der Waals surface area contributed by atoms with Crippen LogP contribution in [0.5, 0.6) is 0 Å². The van der Waals surface area contributed by atoms with Crippen molar-refractivity contribution >= 4 is 38.6 Å². The molecule has 1 aromatic carbocycles. The highest BCUT2D eigenvalue weighted by molar-refractivity contribution is 9.10. The van der Waals surface area contributed by atoms with Gasteiger partial charge in [-0.1, -0.05) is 22.0 Å². The molecule has 1 aliphatic rings. The van der Waals surface area contributed by atoms with E-state index >= 15 is 0 Å². The van der Waals surface area contributed by atoms with Crippen molar-refractivity contribution in [3.05, 3.63) is 34.4 Å². The Morgan fingerprint density at radius 1 is 1.30 bits per heavy atom. The summed E-state index contributed by atoms with van der Waals surface area (Å²) in [6, 6.07) is 7.80. The van der Waals surface area contributed by atoms with E-state index in [1.807, 2.05) is 36.1 Å². The molecule has 27 heavy (non-hydrogen) atoms. The topological polar surface area (TPSA) is 74.4 Å². The summed E-state index contributed by atoms with van der Waals surface area (Å²) >= 11 is 3.45. The van der Waals surface area contributed by atoms with E-state index in [1.54, 1.807) is 0 Å². The van der Waals surface area contributed by atoms with Gasteiger partial charge in [-0.15, -0.1) is 0 Å². The molecule has 2 amide bonds. The van der Waals surface area contributed by atoms with E-state index < -0.39 is 0 Å². The number of nitrogens with one attached hydrogen (secondary N) is 2. The number of hydrogen-bond donors (Lipinski definition) is 2. The van der Waals surface area contributed by atoms with Crippen LogP contribution < -0.4 is 5.32 Å². The minimum absolute atomic E-state index is 0.00195. The molecule has 6 nitrogen and oxygen atoms in total. The van der Waals surface area contributed by atoms with Crippen LogP contribution in [0.25, 0.3) is 10.9 Å². The molecule has 0 radical (unpaired) electrons. The number of fused-ring (bicyclic) bond motifs is 1. The second kappa shape index (κ2) is 9.37. The number of carbonyl (C=O) groups excluding carboxylic acids is 2. The summed E-state index contributed by atoms with van der Waals surface area (Å²) in [7, 11) is 0. The largest absolute Gasteiger partial charge is 0.382 e. The number of halogens is 1. The number of piperidine rings is 1. The lowest BCUT2D eigenvalue weighted by atomic mass is 9.95. The minimum atomic E-state index is -0.0141. The van der Waals surface area contributed by atoms with Crippen molar-refractivity contribution in [2.24, 2.45) is 5.92 Å². The fourth-order valence-corrected chi connectivity index (χ4v) is 3.77. The van der Waals surface area contributed by atoms with Crippen LogP contribution in [-0.4, -0.2) is 54.5 Å². The molecular weight excluding hydrogens is 410 g/mol. The van der Waals surface area contributed by atoms with Gasteiger partial charge in [0.2, 0.25) is 5.91 Å². The van der Waals surface area contributed by atoms with Gasteiger partial charge in [0.05, 0.1) is 0 Å². The summed E-state index contributed by atoms with van der Waals surface area (Å²) in [6.07, 6.45) is 2.23. The molecule has 1 saturated heterocycles. The van der Waals surface area contributed by atoms with Crippen LogP contribution in [0.3, 0.4) is 0 Å². The van der Waals surface area contributed by atoms with Crippen LogP contribution in [0.2, 0.25) is 0 Å². The maximum Gasteiger partial charge on any atom is 0.270 e. The molecule has 1 fully saturated rings. The molecule has 1 aromatic heterocycles. The first kappa shape index (κ1) is 19.9. The Morgan fingerprint density at radius 3 is 2.81 bits per heavy atom. The standard InChI is InChI=1S/C20H26BrN3O3/c1-2-27-11-3-8-22-19(25)14-6-9-24(10-7-14)20(26)18-12-15-4-5-16(21)13-17(15)23-18/h4-5,12-14,23H,2-3,6-11H2,1H3,(H,22,25). The summed E-state index contributed by atoms with van der Waals surface area (Å²) in [5, 5.41) is 3.99. The quantitative estimate of drug-likeness (QED) is 0.654. The Labute approximate surface area is 167 Å². The summed E-state index contributed by atoms with van der Waals surface area (Å²) in [4.78, 5) is 30.1. The van der Waals surface area contributed by atoms with Crippen LogP contribution in [0.15, 0.2) is 28.7 Å². The molecule has 0 saturated carbocycles. The zero-order chi connectivity index (χ0) is 19.2. The molecule has 146 valence electrons. The first-order valence-electron chi connectivity index (χ1n) is 9.51. The van der Waals surface area contributed by atoms with Gasteiger partial charge in [-0.05, 0) is 44.4 Å². The van der Waals surface area contributed by atoms with Crippen LogP contribution in [-0.2, 0) is 9.53 Å². The second-order valence-corrected chi connectivity index (χ2v) is 7.74. The number of amides is 2. The predicted molar refractivity (Wildman–Crippen MR) is 109 cm³/mol.